The summed E-state index contributed by atoms with van der Waals surface area (Å²) in [4.78, 5) is 26.0. The van der Waals surface area contributed by atoms with Crippen molar-refractivity contribution in [1.82, 2.24) is 4.90 Å². The van der Waals surface area contributed by atoms with E-state index >= 15 is 0 Å². The molecule has 0 saturated heterocycles. The van der Waals surface area contributed by atoms with Gasteiger partial charge in [0.1, 0.15) is 11.5 Å². The van der Waals surface area contributed by atoms with Crippen LogP contribution in [-0.4, -0.2) is 50.7 Å². The predicted molar refractivity (Wildman–Crippen MR) is 140 cm³/mol. The van der Waals surface area contributed by atoms with Crippen LogP contribution in [0.15, 0.2) is 78.9 Å². The molecular formula is C30H35NO5. The van der Waals surface area contributed by atoms with Gasteiger partial charge >= 0.3 is 5.97 Å². The molecule has 0 bridgehead atoms. The number of ether oxygens (including phenoxy) is 3. The van der Waals surface area contributed by atoms with Gasteiger partial charge < -0.3 is 19.1 Å². The lowest BCUT2D eigenvalue weighted by Gasteiger charge is -2.17. The van der Waals surface area contributed by atoms with Crippen molar-refractivity contribution in [3.8, 4) is 11.5 Å². The lowest BCUT2D eigenvalue weighted by atomic mass is 10.0. The molecular weight excluding hydrogens is 454 g/mol. The molecule has 1 unspecified atom stereocenters. The van der Waals surface area contributed by atoms with Gasteiger partial charge in [0, 0.05) is 20.0 Å². The van der Waals surface area contributed by atoms with Crippen LogP contribution in [0.25, 0.3) is 0 Å². The Labute approximate surface area is 213 Å². The van der Waals surface area contributed by atoms with E-state index in [4.69, 9.17) is 14.2 Å². The van der Waals surface area contributed by atoms with E-state index in [1.165, 1.54) is 12.7 Å². The lowest BCUT2D eigenvalue weighted by Crippen LogP contribution is -2.30. The van der Waals surface area contributed by atoms with Gasteiger partial charge in [-0.1, -0.05) is 54.6 Å². The molecule has 0 saturated carbocycles. The van der Waals surface area contributed by atoms with Crippen LogP contribution in [0.4, 0.5) is 0 Å². The summed E-state index contributed by atoms with van der Waals surface area (Å²) in [6, 6.07) is 25.3. The maximum Gasteiger partial charge on any atom is 0.312 e. The molecule has 0 aliphatic carbocycles. The van der Waals surface area contributed by atoms with E-state index in [9.17, 15) is 9.59 Å². The Bertz CT molecular complexity index is 1080. The van der Waals surface area contributed by atoms with Gasteiger partial charge in [-0.25, -0.2) is 0 Å². The van der Waals surface area contributed by atoms with Gasteiger partial charge in [-0.3, -0.25) is 9.59 Å². The number of esters is 1. The van der Waals surface area contributed by atoms with Crippen LogP contribution in [0.3, 0.4) is 0 Å². The van der Waals surface area contributed by atoms with Gasteiger partial charge in [0.15, 0.2) is 0 Å². The van der Waals surface area contributed by atoms with Crippen LogP contribution in [0.1, 0.15) is 36.0 Å². The van der Waals surface area contributed by atoms with Crippen molar-refractivity contribution in [2.45, 2.75) is 32.1 Å². The van der Waals surface area contributed by atoms with Gasteiger partial charge in [0.05, 0.1) is 32.7 Å². The summed E-state index contributed by atoms with van der Waals surface area (Å²) in [6.07, 6.45) is 1.95. The van der Waals surface area contributed by atoms with E-state index < -0.39 is 0 Å². The van der Waals surface area contributed by atoms with E-state index in [1.807, 2.05) is 80.7 Å². The number of carbonyl (C=O) groups is 2. The average Bonchev–Trinajstić information content (AvgIpc) is 2.92. The van der Waals surface area contributed by atoms with Gasteiger partial charge in [0.2, 0.25) is 5.91 Å². The lowest BCUT2D eigenvalue weighted by molar-refractivity contribution is -0.142. The molecule has 3 aromatic rings. The standard InChI is InChI=1S/C30H35NO5/c1-23(30(33)34-3)26-12-16-28(17-13-26)36-21-7-20-35-27-14-10-25(11-15-27)22-29(32)31(2)19-18-24-8-5-4-6-9-24/h4-6,8-17,23H,7,18-22H2,1-3H3. The van der Waals surface area contributed by atoms with E-state index in [0.29, 0.717) is 26.2 Å². The quantitative estimate of drug-likeness (QED) is 0.248. The normalized spacial score (nSPS) is 11.4. The van der Waals surface area contributed by atoms with Crippen LogP contribution in [0.5, 0.6) is 11.5 Å². The molecule has 0 radical (unpaired) electrons. The number of hydrogen-bond acceptors (Lipinski definition) is 5. The molecule has 0 fully saturated rings. The minimum atomic E-state index is -0.303. The number of likely N-dealkylation sites (N-methyl/N-ethyl adjacent to an activating group) is 1. The number of rotatable bonds is 13. The van der Waals surface area contributed by atoms with E-state index in [1.54, 1.807) is 4.90 Å². The highest BCUT2D eigenvalue weighted by atomic mass is 16.5. The third kappa shape index (κ3) is 8.45. The highest BCUT2D eigenvalue weighted by Gasteiger charge is 2.15. The highest BCUT2D eigenvalue weighted by molar-refractivity contribution is 5.78. The second kappa shape index (κ2) is 13.9. The maximum absolute atomic E-state index is 12.5. The molecule has 190 valence electrons. The molecule has 36 heavy (non-hydrogen) atoms. The summed E-state index contributed by atoms with van der Waals surface area (Å²) < 4.78 is 16.3. The number of carbonyl (C=O) groups excluding carboxylic acids is 2. The molecule has 3 aromatic carbocycles. The van der Waals surface area contributed by atoms with Gasteiger partial charge in [0.25, 0.3) is 0 Å². The van der Waals surface area contributed by atoms with Crippen LogP contribution < -0.4 is 9.47 Å². The molecule has 0 aromatic heterocycles. The fourth-order valence-corrected chi connectivity index (χ4v) is 3.68. The topological polar surface area (TPSA) is 65.1 Å². The zero-order chi connectivity index (χ0) is 25.8. The molecule has 6 heteroatoms. The first-order valence-corrected chi connectivity index (χ1v) is 12.3. The molecule has 1 atom stereocenters. The van der Waals surface area contributed by atoms with Crippen molar-refractivity contribution in [1.29, 1.82) is 0 Å². The largest absolute Gasteiger partial charge is 0.493 e. The summed E-state index contributed by atoms with van der Waals surface area (Å²) in [5.41, 5.74) is 3.08. The zero-order valence-electron chi connectivity index (χ0n) is 21.3. The average molecular weight is 490 g/mol. The first-order chi connectivity index (χ1) is 17.5. The zero-order valence-corrected chi connectivity index (χ0v) is 21.3. The molecule has 3 rings (SSSR count). The van der Waals surface area contributed by atoms with Crippen molar-refractivity contribution >= 4 is 11.9 Å². The van der Waals surface area contributed by atoms with E-state index in [2.05, 4.69) is 12.1 Å². The van der Waals surface area contributed by atoms with E-state index in [-0.39, 0.29) is 17.8 Å². The Balaban J connectivity index is 1.33. The Hall–Kier alpha value is -3.80. The van der Waals surface area contributed by atoms with Crippen molar-refractivity contribution in [2.24, 2.45) is 0 Å². The fourth-order valence-electron chi connectivity index (χ4n) is 3.68. The summed E-state index contributed by atoms with van der Waals surface area (Å²) in [6.45, 7) is 3.56. The number of amides is 1. The Morgan fingerprint density at radius 2 is 1.39 bits per heavy atom. The monoisotopic (exact) mass is 489 g/mol. The number of methoxy groups -OCH3 is 1. The van der Waals surface area contributed by atoms with Crippen molar-refractivity contribution in [3.05, 3.63) is 95.6 Å². The fraction of sp³-hybridized carbons (Fsp3) is 0.333. The van der Waals surface area contributed by atoms with Crippen LogP contribution in [-0.2, 0) is 27.2 Å². The molecule has 0 aliphatic rings. The minimum Gasteiger partial charge on any atom is -0.493 e. The van der Waals surface area contributed by atoms with Crippen LogP contribution in [0, 0.1) is 0 Å². The summed E-state index contributed by atoms with van der Waals surface area (Å²) in [5, 5.41) is 0. The highest BCUT2D eigenvalue weighted by Crippen LogP contribution is 2.20. The van der Waals surface area contributed by atoms with Gasteiger partial charge in [-0.05, 0) is 54.3 Å². The maximum atomic E-state index is 12.5. The van der Waals surface area contributed by atoms with Gasteiger partial charge in [-0.2, -0.15) is 0 Å². The third-order valence-corrected chi connectivity index (χ3v) is 6.04. The second-order valence-electron chi connectivity index (χ2n) is 8.74. The number of benzene rings is 3. The minimum absolute atomic E-state index is 0.101. The third-order valence-electron chi connectivity index (χ3n) is 6.04. The Morgan fingerprint density at radius 1 is 0.806 bits per heavy atom. The summed E-state index contributed by atoms with van der Waals surface area (Å²) in [5.74, 6) is 1.06. The van der Waals surface area contributed by atoms with Crippen LogP contribution in [0.2, 0.25) is 0 Å². The van der Waals surface area contributed by atoms with Crippen molar-refractivity contribution in [3.63, 3.8) is 0 Å². The molecule has 0 spiro atoms. The number of nitrogens with zero attached hydrogens (tertiary/aromatic N) is 1. The Kier molecular flexibility index (Phi) is 10.4. The first kappa shape index (κ1) is 26.8. The SMILES string of the molecule is COC(=O)C(C)c1ccc(OCCCOc2ccc(CC(=O)N(C)CCc3ccccc3)cc2)cc1. The molecule has 0 heterocycles. The predicted octanol–water partition coefficient (Wildman–Crippen LogP) is 5.05. The van der Waals surface area contributed by atoms with Crippen molar-refractivity contribution < 1.29 is 23.8 Å². The molecule has 0 aliphatic heterocycles. The van der Waals surface area contributed by atoms with Gasteiger partial charge in [-0.15, -0.1) is 0 Å². The van der Waals surface area contributed by atoms with Crippen molar-refractivity contribution in [2.75, 3.05) is 33.9 Å². The Morgan fingerprint density at radius 3 is 1.97 bits per heavy atom. The summed E-state index contributed by atoms with van der Waals surface area (Å²) >= 11 is 0. The smallest absolute Gasteiger partial charge is 0.312 e. The summed E-state index contributed by atoms with van der Waals surface area (Å²) in [7, 11) is 3.24. The molecule has 0 N–H and O–H groups in total. The van der Waals surface area contributed by atoms with Crippen LogP contribution >= 0.6 is 0 Å². The molecule has 6 nitrogen and oxygen atoms in total. The first-order valence-electron chi connectivity index (χ1n) is 12.3. The number of hydrogen-bond donors (Lipinski definition) is 0. The molecule has 1 amide bonds. The van der Waals surface area contributed by atoms with E-state index in [0.717, 1.165) is 35.5 Å². The second-order valence-corrected chi connectivity index (χ2v) is 8.74.